The van der Waals surface area contributed by atoms with E-state index < -0.39 is 0 Å². The molecular weight excluding hydrogens is 227 g/mol. The van der Waals surface area contributed by atoms with Crippen molar-refractivity contribution in [1.82, 2.24) is 9.78 Å². The third kappa shape index (κ3) is 4.34. The van der Waals surface area contributed by atoms with E-state index in [0.717, 1.165) is 12.0 Å². The monoisotopic (exact) mass is 240 g/mol. The van der Waals surface area contributed by atoms with Crippen molar-refractivity contribution in [1.29, 1.82) is 0 Å². The Morgan fingerprint density at radius 1 is 1.29 bits per heavy atom. The maximum absolute atomic E-state index is 10.4. The fourth-order valence-corrected chi connectivity index (χ4v) is 1.34. The molecule has 0 bridgehead atoms. The number of hydrogen-bond donors (Lipinski definition) is 0. The number of aldehydes is 1. The molecule has 4 nitrogen and oxygen atoms in total. The van der Waals surface area contributed by atoms with Gasteiger partial charge in [-0.2, -0.15) is 5.10 Å². The summed E-state index contributed by atoms with van der Waals surface area (Å²) in [6.07, 6.45) is 4.01. The average molecular weight is 240 g/mol. The Kier molecular flexibility index (Phi) is 5.97. The molecule has 1 aromatic heterocycles. The van der Waals surface area contributed by atoms with Crippen molar-refractivity contribution in [2.75, 3.05) is 6.61 Å². The van der Waals surface area contributed by atoms with Gasteiger partial charge < -0.3 is 4.74 Å². The van der Waals surface area contributed by atoms with E-state index in [4.69, 9.17) is 4.74 Å². The molecule has 1 aromatic carbocycles. The fraction of sp³-hybridized carbons (Fsp3) is 0.167. The minimum atomic E-state index is 0. The molecule has 2 rings (SSSR count). The van der Waals surface area contributed by atoms with Gasteiger partial charge in [-0.25, -0.2) is 0 Å². The third-order valence-electron chi connectivity index (χ3n) is 2.12. The number of rotatable bonds is 5. The zero-order valence-corrected chi connectivity index (χ0v) is 8.74. The number of para-hydroxylation sites is 1. The van der Waals surface area contributed by atoms with Crippen LogP contribution in [0.1, 0.15) is 10.4 Å². The molecule has 0 aliphatic rings. The van der Waals surface area contributed by atoms with Crippen molar-refractivity contribution >= 4 is 35.8 Å². The summed E-state index contributed by atoms with van der Waals surface area (Å²) in [7, 11) is 0. The number of benzene rings is 1. The van der Waals surface area contributed by atoms with Crippen LogP contribution in [0.5, 0.6) is 5.75 Å². The summed E-state index contributed by atoms with van der Waals surface area (Å²) >= 11 is 0. The normalized spacial score (nSPS) is 9.41. The topological polar surface area (TPSA) is 44.1 Å². The first-order valence-corrected chi connectivity index (χ1v) is 5.04. The predicted molar refractivity (Wildman–Crippen MR) is 66.7 cm³/mol. The molecule has 0 saturated carbocycles. The van der Waals surface area contributed by atoms with E-state index >= 15 is 0 Å². The maximum atomic E-state index is 10.4. The van der Waals surface area contributed by atoms with E-state index in [9.17, 15) is 4.79 Å². The molecule has 2 aromatic rings. The van der Waals surface area contributed by atoms with Crippen molar-refractivity contribution in [3.8, 4) is 5.75 Å². The predicted octanol–water partition coefficient (Wildman–Crippen LogP) is 1.13. The van der Waals surface area contributed by atoms with E-state index in [1.165, 1.54) is 6.20 Å². The second kappa shape index (κ2) is 7.27. The number of nitrogens with zero attached hydrogens (tertiary/aromatic N) is 2. The van der Waals surface area contributed by atoms with Gasteiger partial charge in [-0.15, -0.1) is 0 Å². The zero-order valence-electron chi connectivity index (χ0n) is 8.74. The van der Waals surface area contributed by atoms with Crippen LogP contribution in [-0.2, 0) is 6.54 Å². The number of carbonyl (C=O) groups is 1. The van der Waals surface area contributed by atoms with Crippen LogP contribution in [0.2, 0.25) is 0 Å². The van der Waals surface area contributed by atoms with Gasteiger partial charge in [0.25, 0.3) is 0 Å². The van der Waals surface area contributed by atoms with E-state index in [0.29, 0.717) is 18.7 Å². The van der Waals surface area contributed by atoms with Crippen LogP contribution >= 0.6 is 0 Å². The second-order valence-electron chi connectivity index (χ2n) is 3.32. The average Bonchev–Trinajstić information content (AvgIpc) is 2.78. The number of ether oxygens (including phenoxy) is 1. The van der Waals surface area contributed by atoms with Gasteiger partial charge in [0.05, 0.1) is 18.3 Å². The van der Waals surface area contributed by atoms with Crippen LogP contribution < -0.4 is 4.74 Å². The molecule has 0 aliphatic carbocycles. The standard InChI is InChI=1S/C12H12N2O2.Na.H/c15-10-11-8-13-14(9-11)6-7-16-12-4-2-1-3-5-12;;/h1-5,8-10H,6-7H2;;. The van der Waals surface area contributed by atoms with Crippen LogP contribution in [0.3, 0.4) is 0 Å². The minimum absolute atomic E-state index is 0. The van der Waals surface area contributed by atoms with Gasteiger partial charge in [-0.3, -0.25) is 9.48 Å². The summed E-state index contributed by atoms with van der Waals surface area (Å²) in [6.45, 7) is 1.16. The Balaban J connectivity index is 0.00000144. The second-order valence-corrected chi connectivity index (χ2v) is 3.32. The Bertz CT molecular complexity index is 457. The fourth-order valence-electron chi connectivity index (χ4n) is 1.34. The first-order valence-electron chi connectivity index (χ1n) is 5.04. The number of aromatic nitrogens is 2. The molecule has 17 heavy (non-hydrogen) atoms. The Labute approximate surface area is 122 Å². The van der Waals surface area contributed by atoms with E-state index in [-0.39, 0.29) is 29.6 Å². The summed E-state index contributed by atoms with van der Waals surface area (Å²) < 4.78 is 7.19. The molecule has 0 spiro atoms. The van der Waals surface area contributed by atoms with Crippen molar-refractivity contribution in [3.63, 3.8) is 0 Å². The Morgan fingerprint density at radius 3 is 2.71 bits per heavy atom. The summed E-state index contributed by atoms with van der Waals surface area (Å²) in [5.41, 5.74) is 0.583. The molecule has 1 heterocycles. The first kappa shape index (κ1) is 14.0. The van der Waals surface area contributed by atoms with Gasteiger partial charge in [-0.1, -0.05) is 18.2 Å². The van der Waals surface area contributed by atoms with Gasteiger partial charge in [0, 0.05) is 6.20 Å². The molecule has 0 unspecified atom stereocenters. The summed E-state index contributed by atoms with van der Waals surface area (Å²) in [5.74, 6) is 0.838. The number of hydrogen-bond acceptors (Lipinski definition) is 3. The summed E-state index contributed by atoms with van der Waals surface area (Å²) in [5, 5.41) is 4.02. The van der Waals surface area contributed by atoms with Gasteiger partial charge in [-0.05, 0) is 12.1 Å². The summed E-state index contributed by atoms with van der Waals surface area (Å²) in [6, 6.07) is 9.60. The third-order valence-corrected chi connectivity index (χ3v) is 2.12. The molecule has 0 saturated heterocycles. The van der Waals surface area contributed by atoms with E-state index in [1.807, 2.05) is 30.3 Å². The van der Waals surface area contributed by atoms with Crippen LogP contribution in [-0.4, -0.2) is 52.2 Å². The van der Waals surface area contributed by atoms with Crippen molar-refractivity contribution in [3.05, 3.63) is 48.3 Å². The van der Waals surface area contributed by atoms with Crippen LogP contribution in [0.4, 0.5) is 0 Å². The molecule has 0 N–H and O–H groups in total. The van der Waals surface area contributed by atoms with Crippen LogP contribution in [0, 0.1) is 0 Å². The van der Waals surface area contributed by atoms with E-state index in [2.05, 4.69) is 5.10 Å². The molecule has 0 aliphatic heterocycles. The molecule has 0 radical (unpaired) electrons. The van der Waals surface area contributed by atoms with Crippen molar-refractivity contribution in [2.45, 2.75) is 6.54 Å². The molecule has 5 heteroatoms. The zero-order chi connectivity index (χ0) is 11.2. The van der Waals surface area contributed by atoms with Gasteiger partial charge in [0.15, 0.2) is 6.29 Å². The van der Waals surface area contributed by atoms with Gasteiger partial charge >= 0.3 is 29.6 Å². The molecular formula is C12H13N2NaO2. The van der Waals surface area contributed by atoms with Crippen LogP contribution in [0.25, 0.3) is 0 Å². The SMILES string of the molecule is O=Cc1cnn(CCOc2ccccc2)c1.[NaH]. The van der Waals surface area contributed by atoms with Crippen LogP contribution in [0.15, 0.2) is 42.7 Å². The van der Waals surface area contributed by atoms with Crippen molar-refractivity contribution < 1.29 is 9.53 Å². The Morgan fingerprint density at radius 2 is 2.06 bits per heavy atom. The van der Waals surface area contributed by atoms with Gasteiger partial charge in [0.2, 0.25) is 0 Å². The van der Waals surface area contributed by atoms with Gasteiger partial charge in [0.1, 0.15) is 12.4 Å². The molecule has 84 valence electrons. The quantitative estimate of drug-likeness (QED) is 0.581. The van der Waals surface area contributed by atoms with E-state index in [1.54, 1.807) is 10.9 Å². The summed E-state index contributed by atoms with van der Waals surface area (Å²) in [4.78, 5) is 10.4. The van der Waals surface area contributed by atoms with Crippen molar-refractivity contribution in [2.24, 2.45) is 0 Å². The number of carbonyl (C=O) groups excluding carboxylic acids is 1. The molecule has 0 fully saturated rings. The molecule has 0 atom stereocenters. The first-order chi connectivity index (χ1) is 7.88. The Hall–Kier alpha value is -1.10. The molecule has 0 amide bonds.